The van der Waals surface area contributed by atoms with Crippen LogP contribution in [0.1, 0.15) is 31.1 Å². The van der Waals surface area contributed by atoms with Gasteiger partial charge in [0.15, 0.2) is 0 Å². The molecule has 0 fully saturated rings. The lowest BCUT2D eigenvalue weighted by molar-refractivity contribution is -0.152. The van der Waals surface area contributed by atoms with Gasteiger partial charge in [-0.15, -0.1) is 0 Å². The number of benzene rings is 3. The molecule has 10 heteroatoms. The number of anilines is 2. The van der Waals surface area contributed by atoms with Gasteiger partial charge in [-0.3, -0.25) is 19.2 Å². The fraction of sp³-hybridized carbons (Fsp3) is 0.231. The van der Waals surface area contributed by atoms with Crippen LogP contribution in [0, 0.1) is 11.6 Å². The minimum absolute atomic E-state index is 0.212. The third-order valence-electron chi connectivity index (χ3n) is 4.81. The third kappa shape index (κ3) is 7.11. The molecule has 0 aliphatic carbocycles. The van der Waals surface area contributed by atoms with E-state index in [9.17, 15) is 26.8 Å². The van der Waals surface area contributed by atoms with Gasteiger partial charge in [0.2, 0.25) is 10.0 Å². The third-order valence-corrected chi connectivity index (χ3v) is 5.41. The zero-order valence-electron chi connectivity index (χ0n) is 20.2. The second-order valence-electron chi connectivity index (χ2n) is 9.08. The van der Waals surface area contributed by atoms with E-state index in [0.717, 1.165) is 29.4 Å². The number of amides is 1. The smallest absolute Gasteiger partial charge is 0.326 e. The summed E-state index contributed by atoms with van der Waals surface area (Å²) in [4.78, 5) is 26.8. The summed E-state index contributed by atoms with van der Waals surface area (Å²) in [6.45, 7) is 4.41. The Bertz CT molecular complexity index is 1360. The van der Waals surface area contributed by atoms with Crippen molar-refractivity contribution in [1.29, 1.82) is 0 Å². The van der Waals surface area contributed by atoms with Crippen molar-refractivity contribution in [3.8, 4) is 11.1 Å². The average Bonchev–Trinajstić information content (AvgIpc) is 2.75. The molecule has 0 heterocycles. The van der Waals surface area contributed by atoms with Gasteiger partial charge in [0.25, 0.3) is 5.91 Å². The molecule has 3 rings (SSSR count). The maximum Gasteiger partial charge on any atom is 0.326 e. The summed E-state index contributed by atoms with van der Waals surface area (Å²) in [5, 5.41) is 0. The second kappa shape index (κ2) is 10.4. The Morgan fingerprint density at radius 3 is 2.06 bits per heavy atom. The molecule has 0 aliphatic rings. The standard InChI is InChI=1S/C26H26F2N2O5S/c1-26(2,3)35-23(31)16-30(25(32)24-21(27)9-6-10-22(24)28)20-8-5-7-18(15-20)17-11-13-19(14-12-17)29-36(4,33)34/h5-15,29H,16H2,1-4H3. The molecule has 0 saturated heterocycles. The summed E-state index contributed by atoms with van der Waals surface area (Å²) >= 11 is 0. The van der Waals surface area contributed by atoms with Crippen molar-refractivity contribution in [2.45, 2.75) is 26.4 Å². The summed E-state index contributed by atoms with van der Waals surface area (Å²) in [6.07, 6.45) is 1.04. The first-order chi connectivity index (χ1) is 16.7. The summed E-state index contributed by atoms with van der Waals surface area (Å²) < 4.78 is 59.4. The first-order valence-corrected chi connectivity index (χ1v) is 12.8. The first-order valence-electron chi connectivity index (χ1n) is 10.9. The van der Waals surface area contributed by atoms with Crippen molar-refractivity contribution in [1.82, 2.24) is 0 Å². The van der Waals surface area contributed by atoms with Crippen molar-refractivity contribution in [2.75, 3.05) is 22.4 Å². The maximum absolute atomic E-state index is 14.4. The van der Waals surface area contributed by atoms with Crippen LogP contribution in [0.2, 0.25) is 0 Å². The Hall–Kier alpha value is -3.79. The highest BCUT2D eigenvalue weighted by molar-refractivity contribution is 7.92. The van der Waals surface area contributed by atoms with E-state index < -0.39 is 51.2 Å². The number of carbonyl (C=O) groups excluding carboxylic acids is 2. The van der Waals surface area contributed by atoms with Crippen LogP contribution in [0.5, 0.6) is 0 Å². The number of sulfonamides is 1. The highest BCUT2D eigenvalue weighted by Crippen LogP contribution is 2.28. The van der Waals surface area contributed by atoms with E-state index in [2.05, 4.69) is 4.72 Å². The number of carbonyl (C=O) groups is 2. The van der Waals surface area contributed by atoms with Crippen molar-refractivity contribution in [3.63, 3.8) is 0 Å². The van der Waals surface area contributed by atoms with Gasteiger partial charge >= 0.3 is 5.97 Å². The number of ether oxygens (including phenoxy) is 1. The SMILES string of the molecule is CC(C)(C)OC(=O)CN(C(=O)c1c(F)cccc1F)c1cccc(-c2ccc(NS(C)(=O)=O)cc2)c1. The fourth-order valence-electron chi connectivity index (χ4n) is 3.42. The molecule has 36 heavy (non-hydrogen) atoms. The maximum atomic E-state index is 14.4. The van der Waals surface area contributed by atoms with Gasteiger partial charge in [-0.1, -0.05) is 30.3 Å². The molecule has 0 aliphatic heterocycles. The predicted octanol–water partition coefficient (Wildman–Crippen LogP) is 4.99. The molecule has 3 aromatic carbocycles. The lowest BCUT2D eigenvalue weighted by Gasteiger charge is -2.26. The molecule has 0 aromatic heterocycles. The zero-order valence-corrected chi connectivity index (χ0v) is 21.0. The Labute approximate surface area is 208 Å². The van der Waals surface area contributed by atoms with E-state index in [1.807, 2.05) is 0 Å². The summed E-state index contributed by atoms with van der Waals surface area (Å²) in [7, 11) is -3.44. The normalized spacial score (nSPS) is 11.6. The highest BCUT2D eigenvalue weighted by atomic mass is 32.2. The average molecular weight is 517 g/mol. The van der Waals surface area contributed by atoms with Gasteiger partial charge in [0.1, 0.15) is 29.3 Å². The molecule has 1 amide bonds. The van der Waals surface area contributed by atoms with E-state index in [0.29, 0.717) is 16.8 Å². The van der Waals surface area contributed by atoms with Gasteiger partial charge in [0, 0.05) is 11.4 Å². The number of halogens is 2. The molecule has 0 saturated carbocycles. The highest BCUT2D eigenvalue weighted by Gasteiger charge is 2.28. The van der Waals surface area contributed by atoms with Crippen molar-refractivity contribution in [3.05, 3.63) is 83.9 Å². The Balaban J connectivity index is 2.01. The molecule has 0 unspecified atom stereocenters. The lowest BCUT2D eigenvalue weighted by Crippen LogP contribution is -2.39. The van der Waals surface area contributed by atoms with Gasteiger partial charge in [-0.2, -0.15) is 0 Å². The van der Waals surface area contributed by atoms with Crippen LogP contribution in [0.15, 0.2) is 66.7 Å². The largest absolute Gasteiger partial charge is 0.459 e. The van der Waals surface area contributed by atoms with E-state index in [4.69, 9.17) is 4.74 Å². The van der Waals surface area contributed by atoms with Crippen LogP contribution in [0.3, 0.4) is 0 Å². The van der Waals surface area contributed by atoms with Gasteiger partial charge in [-0.05, 0) is 68.3 Å². The number of hydrogen-bond donors (Lipinski definition) is 1. The number of nitrogens with zero attached hydrogens (tertiary/aromatic N) is 1. The quantitative estimate of drug-likeness (QED) is 0.447. The van der Waals surface area contributed by atoms with Crippen LogP contribution >= 0.6 is 0 Å². The number of nitrogens with one attached hydrogen (secondary N) is 1. The Kier molecular flexibility index (Phi) is 7.78. The molecule has 3 aromatic rings. The number of rotatable bonds is 7. The van der Waals surface area contributed by atoms with E-state index in [-0.39, 0.29) is 5.69 Å². The summed E-state index contributed by atoms with van der Waals surface area (Å²) in [6, 6.07) is 16.0. The monoisotopic (exact) mass is 516 g/mol. The van der Waals surface area contributed by atoms with Crippen molar-refractivity contribution >= 4 is 33.3 Å². The fourth-order valence-corrected chi connectivity index (χ4v) is 3.98. The zero-order chi connectivity index (χ0) is 26.7. The molecule has 0 spiro atoms. The molecule has 7 nitrogen and oxygen atoms in total. The van der Waals surface area contributed by atoms with Gasteiger partial charge in [-0.25, -0.2) is 17.2 Å². The molecule has 0 bridgehead atoms. The Morgan fingerprint density at radius 1 is 0.917 bits per heavy atom. The molecule has 0 radical (unpaired) electrons. The van der Waals surface area contributed by atoms with Gasteiger partial charge < -0.3 is 4.74 Å². The number of esters is 1. The molecular weight excluding hydrogens is 490 g/mol. The van der Waals surface area contributed by atoms with Crippen molar-refractivity contribution in [2.24, 2.45) is 0 Å². The van der Waals surface area contributed by atoms with Crippen LogP contribution in [0.25, 0.3) is 11.1 Å². The molecule has 0 atom stereocenters. The number of hydrogen-bond acceptors (Lipinski definition) is 5. The van der Waals surface area contributed by atoms with Crippen LogP contribution in [-0.4, -0.2) is 38.7 Å². The lowest BCUT2D eigenvalue weighted by atomic mass is 10.0. The van der Waals surface area contributed by atoms with E-state index in [1.165, 1.54) is 6.07 Å². The first kappa shape index (κ1) is 26.8. The van der Waals surface area contributed by atoms with E-state index in [1.54, 1.807) is 63.2 Å². The minimum Gasteiger partial charge on any atom is -0.459 e. The summed E-state index contributed by atoms with van der Waals surface area (Å²) in [5.74, 6) is -3.91. The minimum atomic E-state index is -3.44. The summed E-state index contributed by atoms with van der Waals surface area (Å²) in [5.41, 5.74) is 0.256. The molecule has 190 valence electrons. The van der Waals surface area contributed by atoms with E-state index >= 15 is 0 Å². The van der Waals surface area contributed by atoms with Crippen LogP contribution < -0.4 is 9.62 Å². The van der Waals surface area contributed by atoms with Crippen molar-refractivity contribution < 1.29 is 31.5 Å². The predicted molar refractivity (Wildman–Crippen MR) is 134 cm³/mol. The van der Waals surface area contributed by atoms with Crippen LogP contribution in [0.4, 0.5) is 20.2 Å². The topological polar surface area (TPSA) is 92.8 Å². The van der Waals surface area contributed by atoms with Gasteiger partial charge in [0.05, 0.1) is 6.26 Å². The molecular formula is C26H26F2N2O5S. The second-order valence-corrected chi connectivity index (χ2v) is 10.8. The molecule has 1 N–H and O–H groups in total. The van der Waals surface area contributed by atoms with Crippen LogP contribution in [-0.2, 0) is 19.6 Å². The Morgan fingerprint density at radius 2 is 1.50 bits per heavy atom.